The highest BCUT2D eigenvalue weighted by Gasteiger charge is 2.61. The van der Waals surface area contributed by atoms with Gasteiger partial charge in [-0.1, -0.05) is 18.2 Å². The summed E-state index contributed by atoms with van der Waals surface area (Å²) in [5.74, 6) is -0.245. The Morgan fingerprint density at radius 3 is 2.54 bits per heavy atom. The van der Waals surface area contributed by atoms with Crippen LogP contribution in [0.15, 0.2) is 71.0 Å². The van der Waals surface area contributed by atoms with Crippen LogP contribution in [0.5, 0.6) is 0 Å². The summed E-state index contributed by atoms with van der Waals surface area (Å²) in [7, 11) is 0. The molecule has 2 aromatic carbocycles. The summed E-state index contributed by atoms with van der Waals surface area (Å²) >= 11 is 0. The van der Waals surface area contributed by atoms with Crippen molar-refractivity contribution in [3.05, 3.63) is 66.1 Å². The highest BCUT2D eigenvalue weighted by Crippen LogP contribution is 2.52. The van der Waals surface area contributed by atoms with Gasteiger partial charge in [-0.2, -0.15) is 14.0 Å². The van der Waals surface area contributed by atoms with Gasteiger partial charge in [0.2, 0.25) is 5.82 Å². The zero-order valence-electron chi connectivity index (χ0n) is 18.6. The van der Waals surface area contributed by atoms with E-state index in [0.29, 0.717) is 24.0 Å². The minimum Gasteiger partial charge on any atom is -0.449 e. The fraction of sp³-hybridized carbons (Fsp3) is 0.333. The zero-order valence-corrected chi connectivity index (χ0v) is 18.6. The lowest BCUT2D eigenvalue weighted by Crippen LogP contribution is -2.37. The molecule has 3 aliphatic rings. The van der Waals surface area contributed by atoms with Crippen molar-refractivity contribution < 1.29 is 23.0 Å². The topological polar surface area (TPSA) is 101 Å². The second-order valence-corrected chi connectivity index (χ2v) is 8.58. The quantitative estimate of drug-likeness (QED) is 0.339. The lowest BCUT2D eigenvalue weighted by Gasteiger charge is -2.34. The number of nitrogens with zero attached hydrogens (tertiary/aromatic N) is 5. The lowest BCUT2D eigenvalue weighted by molar-refractivity contribution is -0.200. The molecule has 9 nitrogen and oxygen atoms in total. The van der Waals surface area contributed by atoms with E-state index in [1.54, 1.807) is 6.21 Å². The minimum atomic E-state index is -2.96. The van der Waals surface area contributed by atoms with E-state index in [-0.39, 0.29) is 12.2 Å². The molecular formula is C24H22F2N6O3. The van der Waals surface area contributed by atoms with Crippen molar-refractivity contribution in [1.29, 1.82) is 0 Å². The molecule has 3 aromatic rings. The third kappa shape index (κ3) is 4.40. The van der Waals surface area contributed by atoms with Crippen LogP contribution < -0.4 is 4.90 Å². The molecule has 2 aliphatic heterocycles. The van der Waals surface area contributed by atoms with Crippen molar-refractivity contribution >= 4 is 17.6 Å². The van der Waals surface area contributed by atoms with Gasteiger partial charge in [-0.3, -0.25) is 9.73 Å². The monoisotopic (exact) mass is 480 g/mol. The summed E-state index contributed by atoms with van der Waals surface area (Å²) in [6.45, 7) is -2.45. The molecule has 11 heteroatoms. The van der Waals surface area contributed by atoms with E-state index in [1.165, 1.54) is 0 Å². The molecule has 1 aromatic heterocycles. The second kappa shape index (κ2) is 8.82. The number of fused-ring (bicyclic) bond motifs is 1. The van der Waals surface area contributed by atoms with E-state index in [2.05, 4.69) is 25.6 Å². The van der Waals surface area contributed by atoms with Crippen molar-refractivity contribution in [2.75, 3.05) is 11.5 Å². The number of aliphatic imine (C=N–C) groups is 1. The number of aromatic amines is 1. The fourth-order valence-electron chi connectivity index (χ4n) is 4.14. The smallest absolute Gasteiger partial charge is 0.348 e. The number of rotatable bonds is 10. The predicted molar refractivity (Wildman–Crippen MR) is 122 cm³/mol. The van der Waals surface area contributed by atoms with Crippen molar-refractivity contribution in [2.24, 2.45) is 10.9 Å². The van der Waals surface area contributed by atoms with E-state index >= 15 is 0 Å². The van der Waals surface area contributed by atoms with Gasteiger partial charge in [0, 0.05) is 23.2 Å². The fourth-order valence-corrected chi connectivity index (χ4v) is 4.14. The Bertz CT molecular complexity index is 1230. The van der Waals surface area contributed by atoms with Crippen LogP contribution in [0.25, 0.3) is 11.4 Å². The van der Waals surface area contributed by atoms with E-state index in [9.17, 15) is 8.78 Å². The van der Waals surface area contributed by atoms with Gasteiger partial charge in [0.1, 0.15) is 5.70 Å². The van der Waals surface area contributed by atoms with Crippen molar-refractivity contribution in [2.45, 2.75) is 37.9 Å². The van der Waals surface area contributed by atoms with Gasteiger partial charge in [-0.15, -0.1) is 10.2 Å². The van der Waals surface area contributed by atoms with Gasteiger partial charge in [-0.25, -0.2) is 0 Å². The molecule has 1 saturated heterocycles. The first-order valence-corrected chi connectivity index (χ1v) is 11.3. The third-order valence-corrected chi connectivity index (χ3v) is 6.11. The maximum Gasteiger partial charge on any atom is 0.348 e. The number of hydrogen-bond acceptors (Lipinski definition) is 8. The molecule has 3 heterocycles. The first-order chi connectivity index (χ1) is 17.1. The molecule has 0 amide bonds. The number of H-pyrrole nitrogens is 1. The largest absolute Gasteiger partial charge is 0.449 e. The number of halogens is 2. The van der Waals surface area contributed by atoms with Gasteiger partial charge in [0.15, 0.2) is 12.0 Å². The molecule has 0 bridgehead atoms. The van der Waals surface area contributed by atoms with E-state index < -0.39 is 18.6 Å². The third-order valence-electron chi connectivity index (χ3n) is 6.11. The molecule has 2 atom stereocenters. The summed E-state index contributed by atoms with van der Waals surface area (Å²) < 4.78 is 43.0. The summed E-state index contributed by atoms with van der Waals surface area (Å²) in [6.07, 6.45) is 3.15. The number of benzene rings is 2. The minimum absolute atomic E-state index is 0.121. The number of aromatic nitrogens is 4. The van der Waals surface area contributed by atoms with Gasteiger partial charge < -0.3 is 14.4 Å². The molecule has 180 valence electrons. The summed E-state index contributed by atoms with van der Waals surface area (Å²) in [6, 6.07) is 17.3. The maximum atomic E-state index is 13.1. The number of anilines is 2. The molecule has 35 heavy (non-hydrogen) atoms. The molecule has 2 fully saturated rings. The average molecular weight is 480 g/mol. The van der Waals surface area contributed by atoms with Crippen LogP contribution in [0.2, 0.25) is 0 Å². The normalized spacial score (nSPS) is 21.6. The molecule has 1 N–H and O–H groups in total. The van der Waals surface area contributed by atoms with Crippen LogP contribution in [0.3, 0.4) is 0 Å². The summed E-state index contributed by atoms with van der Waals surface area (Å²) in [5.41, 5.74) is 2.86. The number of ether oxygens (including phenoxy) is 3. The van der Waals surface area contributed by atoms with Crippen LogP contribution >= 0.6 is 0 Å². The van der Waals surface area contributed by atoms with Gasteiger partial charge in [-0.05, 0) is 60.4 Å². The van der Waals surface area contributed by atoms with Crippen molar-refractivity contribution in [3.8, 4) is 11.4 Å². The Morgan fingerprint density at radius 1 is 1.09 bits per heavy atom. The molecule has 0 radical (unpaired) electrons. The number of hydrogen-bond donors (Lipinski definition) is 1. The predicted octanol–water partition coefficient (Wildman–Crippen LogP) is 4.41. The average Bonchev–Trinajstić information content (AvgIpc) is 3.77. The van der Waals surface area contributed by atoms with Crippen molar-refractivity contribution in [3.63, 3.8) is 0 Å². The number of para-hydroxylation sites is 1. The molecule has 1 saturated carbocycles. The van der Waals surface area contributed by atoms with E-state index in [4.69, 9.17) is 14.2 Å². The van der Waals surface area contributed by atoms with Crippen LogP contribution in [-0.2, 0) is 14.2 Å². The van der Waals surface area contributed by atoms with Crippen LogP contribution in [0.4, 0.5) is 20.2 Å². The Kier molecular flexibility index (Phi) is 5.50. The maximum absolute atomic E-state index is 13.1. The molecule has 0 spiro atoms. The molecular weight excluding hydrogens is 458 g/mol. The van der Waals surface area contributed by atoms with Crippen molar-refractivity contribution in [1.82, 2.24) is 20.6 Å². The van der Waals surface area contributed by atoms with Crippen LogP contribution in [0.1, 0.15) is 19.3 Å². The highest BCUT2D eigenvalue weighted by molar-refractivity contribution is 5.71. The molecule has 2 unspecified atom stereocenters. The highest BCUT2D eigenvalue weighted by atomic mass is 19.3. The first kappa shape index (κ1) is 21.8. The standard InChI is InChI=1S/C24H22F2N6O3/c25-23(26)35-24-12-13-27-19(20(24)34-24)22(33-14-15-6-7-15)32(17-4-2-1-3-5-17)18-10-8-16(9-11-18)21-28-30-31-29-21/h1-5,8-11,13,15,22-23H,6-7,12,14H2,(H,28,29,30,31). The number of epoxide rings is 1. The van der Waals surface area contributed by atoms with Crippen LogP contribution in [0, 0.1) is 5.92 Å². The Balaban J connectivity index is 1.41. The summed E-state index contributed by atoms with van der Waals surface area (Å²) in [4.78, 5) is 6.51. The van der Waals surface area contributed by atoms with Gasteiger partial charge >= 0.3 is 6.61 Å². The molecule has 1 aliphatic carbocycles. The molecule has 6 rings (SSSR count). The SMILES string of the molecule is FC(F)OC12CC=NC(C(OCC3CC3)N(c3ccccc3)c3ccc(-c4nn[nH]n4)cc3)=C1O2. The Hall–Kier alpha value is -3.70. The number of nitrogens with one attached hydrogen (secondary N) is 1. The van der Waals surface area contributed by atoms with E-state index in [1.807, 2.05) is 59.5 Å². The van der Waals surface area contributed by atoms with Gasteiger partial charge in [0.05, 0.1) is 13.0 Å². The Labute approximate surface area is 199 Å². The van der Waals surface area contributed by atoms with E-state index in [0.717, 1.165) is 29.8 Å². The number of tetrazole rings is 1. The second-order valence-electron chi connectivity index (χ2n) is 8.58. The number of alkyl halides is 2. The lowest BCUT2D eigenvalue weighted by atomic mass is 10.1. The van der Waals surface area contributed by atoms with Crippen LogP contribution in [-0.4, -0.2) is 52.1 Å². The summed E-state index contributed by atoms with van der Waals surface area (Å²) in [5, 5.41) is 14.1. The van der Waals surface area contributed by atoms with Gasteiger partial charge in [0.25, 0.3) is 5.79 Å². The Morgan fingerprint density at radius 2 is 1.86 bits per heavy atom. The first-order valence-electron chi connectivity index (χ1n) is 11.3. The zero-order chi connectivity index (χ0) is 23.8.